The van der Waals surface area contributed by atoms with Gasteiger partial charge in [-0.15, -0.1) is 11.3 Å². The summed E-state index contributed by atoms with van der Waals surface area (Å²) < 4.78 is 37.7. The van der Waals surface area contributed by atoms with Crippen LogP contribution in [0.15, 0.2) is 49.9 Å². The van der Waals surface area contributed by atoms with Crippen LogP contribution >= 0.6 is 11.3 Å². The van der Waals surface area contributed by atoms with Crippen molar-refractivity contribution in [3.63, 3.8) is 0 Å². The van der Waals surface area contributed by atoms with Gasteiger partial charge in [0.25, 0.3) is 0 Å². The van der Waals surface area contributed by atoms with E-state index in [0.717, 1.165) is 10.4 Å². The average molecular weight is 352 g/mol. The predicted octanol–water partition coefficient (Wildman–Crippen LogP) is 3.34. The third-order valence-electron chi connectivity index (χ3n) is 3.42. The molecule has 3 aromatic heterocycles. The van der Waals surface area contributed by atoms with Crippen molar-refractivity contribution in [3.8, 4) is 0 Å². The van der Waals surface area contributed by atoms with E-state index in [4.69, 9.17) is 8.94 Å². The number of sulfonamides is 1. The van der Waals surface area contributed by atoms with Gasteiger partial charge in [-0.2, -0.15) is 4.31 Å². The number of hydrogen-bond donors (Lipinski definition) is 0. The maximum atomic E-state index is 13.1. The topological polar surface area (TPSA) is 76.6 Å². The Kier molecular flexibility index (Phi) is 4.38. The predicted molar refractivity (Wildman–Crippen MR) is 85.4 cm³/mol. The zero-order valence-electron chi connectivity index (χ0n) is 12.7. The molecule has 3 heterocycles. The summed E-state index contributed by atoms with van der Waals surface area (Å²) >= 11 is 1.52. The van der Waals surface area contributed by atoms with Crippen molar-refractivity contribution >= 4 is 21.4 Å². The molecule has 0 spiro atoms. The molecule has 0 N–H and O–H groups in total. The molecule has 0 aromatic carbocycles. The van der Waals surface area contributed by atoms with Gasteiger partial charge >= 0.3 is 0 Å². The van der Waals surface area contributed by atoms with Crippen LogP contribution in [0.4, 0.5) is 0 Å². The lowest BCUT2D eigenvalue weighted by molar-refractivity contribution is 0.385. The molecule has 3 aromatic rings. The van der Waals surface area contributed by atoms with Crippen LogP contribution in [0.3, 0.4) is 0 Å². The zero-order chi connectivity index (χ0) is 16.4. The Morgan fingerprint density at radius 2 is 2.09 bits per heavy atom. The van der Waals surface area contributed by atoms with Gasteiger partial charge in [-0.25, -0.2) is 8.42 Å². The summed E-state index contributed by atoms with van der Waals surface area (Å²) in [7, 11) is -3.73. The highest BCUT2D eigenvalue weighted by atomic mass is 32.2. The molecule has 0 saturated heterocycles. The monoisotopic (exact) mass is 352 g/mol. The molecule has 3 rings (SSSR count). The number of hydrogen-bond acceptors (Lipinski definition) is 6. The first-order valence-corrected chi connectivity index (χ1v) is 9.27. The molecular weight excluding hydrogens is 336 g/mol. The summed E-state index contributed by atoms with van der Waals surface area (Å²) in [5, 5.41) is 5.69. The number of aromatic nitrogens is 1. The Morgan fingerprint density at radius 1 is 1.26 bits per heavy atom. The SMILES string of the molecule is Cc1noc(C)c1S(=O)(=O)N(Cc1ccoc1)Cc1cccs1. The van der Waals surface area contributed by atoms with Gasteiger partial charge in [0.2, 0.25) is 10.0 Å². The van der Waals surface area contributed by atoms with E-state index >= 15 is 0 Å². The van der Waals surface area contributed by atoms with E-state index in [9.17, 15) is 8.42 Å². The lowest BCUT2D eigenvalue weighted by Crippen LogP contribution is -2.30. The largest absolute Gasteiger partial charge is 0.472 e. The fourth-order valence-electron chi connectivity index (χ4n) is 2.36. The number of thiophene rings is 1. The van der Waals surface area contributed by atoms with Crippen molar-refractivity contribution in [1.82, 2.24) is 9.46 Å². The minimum atomic E-state index is -3.73. The first kappa shape index (κ1) is 16.0. The smallest absolute Gasteiger partial charge is 0.249 e. The average Bonchev–Trinajstić information content (AvgIpc) is 3.21. The van der Waals surface area contributed by atoms with E-state index in [1.807, 2.05) is 17.5 Å². The maximum Gasteiger partial charge on any atom is 0.249 e. The van der Waals surface area contributed by atoms with Crippen molar-refractivity contribution < 1.29 is 17.4 Å². The normalized spacial score (nSPS) is 12.1. The Hall–Kier alpha value is -1.90. The van der Waals surface area contributed by atoms with Crippen LogP contribution in [0.2, 0.25) is 0 Å². The highest BCUT2D eigenvalue weighted by Crippen LogP contribution is 2.27. The molecular formula is C15H16N2O4S2. The van der Waals surface area contributed by atoms with Crippen LogP contribution in [-0.2, 0) is 23.1 Å². The number of rotatable bonds is 6. The fourth-order valence-corrected chi connectivity index (χ4v) is 4.86. The minimum Gasteiger partial charge on any atom is -0.472 e. The zero-order valence-corrected chi connectivity index (χ0v) is 14.4. The third kappa shape index (κ3) is 3.24. The summed E-state index contributed by atoms with van der Waals surface area (Å²) in [6.07, 6.45) is 3.07. The second-order valence-corrected chi connectivity index (χ2v) is 8.04. The molecule has 122 valence electrons. The molecule has 0 radical (unpaired) electrons. The van der Waals surface area contributed by atoms with E-state index in [1.54, 1.807) is 26.2 Å². The van der Waals surface area contributed by atoms with E-state index in [-0.39, 0.29) is 18.0 Å². The van der Waals surface area contributed by atoms with Crippen molar-refractivity contribution in [2.45, 2.75) is 31.8 Å². The quantitative estimate of drug-likeness (QED) is 0.680. The molecule has 0 bridgehead atoms. The molecule has 0 aliphatic rings. The minimum absolute atomic E-state index is 0.137. The molecule has 8 heteroatoms. The standard InChI is InChI=1S/C15H16N2O4S2/c1-11-15(12(2)21-16-11)23(18,19)17(8-13-5-6-20-10-13)9-14-4-3-7-22-14/h3-7,10H,8-9H2,1-2H3. The summed E-state index contributed by atoms with van der Waals surface area (Å²) in [6, 6.07) is 5.57. The maximum absolute atomic E-state index is 13.1. The van der Waals surface area contributed by atoms with Crippen molar-refractivity contribution in [3.05, 3.63) is 58.0 Å². The Bertz CT molecular complexity index is 809. The molecule has 0 aliphatic heterocycles. The van der Waals surface area contributed by atoms with Crippen molar-refractivity contribution in [1.29, 1.82) is 0 Å². The molecule has 0 fully saturated rings. The lowest BCUT2D eigenvalue weighted by Gasteiger charge is -2.20. The second kappa shape index (κ2) is 6.31. The van der Waals surface area contributed by atoms with Gasteiger partial charge in [-0.3, -0.25) is 0 Å². The summed E-state index contributed by atoms with van der Waals surface area (Å²) in [5.41, 5.74) is 1.16. The summed E-state index contributed by atoms with van der Waals surface area (Å²) in [5.74, 6) is 0.297. The Balaban J connectivity index is 1.99. The number of furan rings is 1. The van der Waals surface area contributed by atoms with Crippen molar-refractivity contribution in [2.75, 3.05) is 0 Å². The van der Waals surface area contributed by atoms with Gasteiger partial charge < -0.3 is 8.94 Å². The van der Waals surface area contributed by atoms with E-state index in [1.165, 1.54) is 21.9 Å². The third-order valence-corrected chi connectivity index (χ3v) is 6.32. The van der Waals surface area contributed by atoms with Crippen LogP contribution in [0.1, 0.15) is 21.9 Å². The molecule has 0 aliphatic carbocycles. The first-order chi connectivity index (χ1) is 11.0. The van der Waals surface area contributed by atoms with Gasteiger partial charge in [0.05, 0.1) is 12.5 Å². The van der Waals surface area contributed by atoms with Crippen molar-refractivity contribution in [2.24, 2.45) is 0 Å². The number of nitrogens with zero attached hydrogens (tertiary/aromatic N) is 2. The molecule has 6 nitrogen and oxygen atoms in total. The van der Waals surface area contributed by atoms with E-state index in [0.29, 0.717) is 11.5 Å². The molecule has 0 amide bonds. The van der Waals surface area contributed by atoms with Crippen LogP contribution < -0.4 is 0 Å². The second-order valence-electron chi connectivity index (χ2n) is 5.14. The van der Waals surface area contributed by atoms with Crippen LogP contribution in [0.25, 0.3) is 0 Å². The van der Waals surface area contributed by atoms with Crippen LogP contribution in [0, 0.1) is 13.8 Å². The van der Waals surface area contributed by atoms with Gasteiger partial charge in [-0.05, 0) is 31.4 Å². The fraction of sp³-hybridized carbons (Fsp3) is 0.267. The van der Waals surface area contributed by atoms with Gasteiger partial charge in [-0.1, -0.05) is 11.2 Å². The highest BCUT2D eigenvalue weighted by molar-refractivity contribution is 7.89. The molecule has 0 saturated carbocycles. The first-order valence-electron chi connectivity index (χ1n) is 6.95. The van der Waals surface area contributed by atoms with Gasteiger partial charge in [0.1, 0.15) is 10.6 Å². The van der Waals surface area contributed by atoms with Gasteiger partial charge in [0, 0.05) is 23.5 Å². The Morgan fingerprint density at radius 3 is 2.65 bits per heavy atom. The number of aryl methyl sites for hydroxylation is 2. The van der Waals surface area contributed by atoms with Crippen LogP contribution in [-0.4, -0.2) is 17.9 Å². The highest BCUT2D eigenvalue weighted by Gasteiger charge is 2.31. The van der Waals surface area contributed by atoms with E-state index in [2.05, 4.69) is 5.16 Å². The van der Waals surface area contributed by atoms with Crippen LogP contribution in [0.5, 0.6) is 0 Å². The Labute approximate surface area is 138 Å². The summed E-state index contributed by atoms with van der Waals surface area (Å²) in [6.45, 7) is 3.74. The van der Waals surface area contributed by atoms with E-state index < -0.39 is 10.0 Å². The summed E-state index contributed by atoms with van der Waals surface area (Å²) in [4.78, 5) is 1.10. The molecule has 0 unspecified atom stereocenters. The molecule has 23 heavy (non-hydrogen) atoms. The lowest BCUT2D eigenvalue weighted by atomic mass is 10.3. The van der Waals surface area contributed by atoms with Gasteiger partial charge in [0.15, 0.2) is 5.76 Å². The molecule has 0 atom stereocenters.